The quantitative estimate of drug-likeness (QED) is 0.780. The van der Waals surface area contributed by atoms with Gasteiger partial charge in [-0.3, -0.25) is 14.4 Å². The van der Waals surface area contributed by atoms with Gasteiger partial charge in [0, 0.05) is 39.3 Å². The Bertz CT molecular complexity index is 1060. The predicted molar refractivity (Wildman–Crippen MR) is 120 cm³/mol. The van der Waals surface area contributed by atoms with E-state index in [2.05, 4.69) is 19.2 Å². The van der Waals surface area contributed by atoms with E-state index in [4.69, 9.17) is 0 Å². The zero-order valence-electron chi connectivity index (χ0n) is 18.6. The molecule has 0 saturated heterocycles. The Balaban J connectivity index is 1.63. The van der Waals surface area contributed by atoms with Gasteiger partial charge in [-0.05, 0) is 47.3 Å². The summed E-state index contributed by atoms with van der Waals surface area (Å²) in [7, 11) is 0. The van der Waals surface area contributed by atoms with E-state index in [-0.39, 0.29) is 28.4 Å². The number of hydrogen-bond acceptors (Lipinski definition) is 3. The minimum atomic E-state index is -0.283. The SMILES string of the molecule is CC(=O)N1CCc2c(cn(CCc3ccccc3)c(=O)c2C(=O)NCC2CC2(C)C)C1. The van der Waals surface area contributed by atoms with Gasteiger partial charge >= 0.3 is 0 Å². The summed E-state index contributed by atoms with van der Waals surface area (Å²) in [4.78, 5) is 40.1. The van der Waals surface area contributed by atoms with E-state index >= 15 is 0 Å². The first-order chi connectivity index (χ1) is 14.8. The number of rotatable bonds is 6. The number of carbonyl (C=O) groups excluding carboxylic acids is 2. The highest BCUT2D eigenvalue weighted by atomic mass is 16.2. The molecule has 1 unspecified atom stereocenters. The van der Waals surface area contributed by atoms with Crippen LogP contribution in [-0.4, -0.2) is 34.4 Å². The Labute approximate surface area is 183 Å². The Morgan fingerprint density at radius 3 is 2.55 bits per heavy atom. The Kier molecular flexibility index (Phi) is 5.73. The molecule has 2 aromatic rings. The number of aryl methyl sites for hydroxylation is 2. The van der Waals surface area contributed by atoms with E-state index in [1.165, 1.54) is 0 Å². The van der Waals surface area contributed by atoms with Crippen molar-refractivity contribution in [3.05, 3.63) is 69.1 Å². The summed E-state index contributed by atoms with van der Waals surface area (Å²) in [5.41, 5.74) is 3.11. The van der Waals surface area contributed by atoms with Crippen molar-refractivity contribution in [3.8, 4) is 0 Å². The van der Waals surface area contributed by atoms with Gasteiger partial charge in [-0.15, -0.1) is 0 Å². The van der Waals surface area contributed by atoms with Crippen LogP contribution in [0.1, 0.15) is 54.2 Å². The Morgan fingerprint density at radius 2 is 1.90 bits per heavy atom. The zero-order chi connectivity index (χ0) is 22.2. The van der Waals surface area contributed by atoms with Crippen molar-refractivity contribution < 1.29 is 9.59 Å². The van der Waals surface area contributed by atoms with E-state index in [1.807, 2.05) is 36.5 Å². The number of aromatic nitrogens is 1. The number of fused-ring (bicyclic) bond motifs is 1. The average molecular weight is 422 g/mol. The molecule has 0 radical (unpaired) electrons. The van der Waals surface area contributed by atoms with Crippen molar-refractivity contribution in [2.45, 2.75) is 53.1 Å². The number of benzene rings is 1. The van der Waals surface area contributed by atoms with Crippen molar-refractivity contribution in [1.82, 2.24) is 14.8 Å². The van der Waals surface area contributed by atoms with Crippen LogP contribution < -0.4 is 10.9 Å². The molecule has 1 aromatic carbocycles. The second-order valence-electron chi connectivity index (χ2n) is 9.53. The Hall–Kier alpha value is -2.89. The topological polar surface area (TPSA) is 71.4 Å². The van der Waals surface area contributed by atoms with Gasteiger partial charge in [0.05, 0.1) is 0 Å². The summed E-state index contributed by atoms with van der Waals surface area (Å²) in [5, 5.41) is 3.01. The molecule has 1 fully saturated rings. The van der Waals surface area contributed by atoms with Crippen molar-refractivity contribution >= 4 is 11.8 Å². The minimum Gasteiger partial charge on any atom is -0.352 e. The molecule has 2 amide bonds. The molecule has 31 heavy (non-hydrogen) atoms. The standard InChI is InChI=1S/C25H31N3O3/c1-17(29)27-12-10-21-19(15-27)16-28(11-9-18-7-5-4-6-8-18)24(31)22(21)23(30)26-14-20-13-25(20,2)3/h4-8,16,20H,9-15H2,1-3H3,(H,26,30). The number of nitrogens with zero attached hydrogens (tertiary/aromatic N) is 2. The van der Waals surface area contributed by atoms with Crippen LogP contribution in [0.2, 0.25) is 0 Å². The van der Waals surface area contributed by atoms with Gasteiger partial charge in [0.2, 0.25) is 5.91 Å². The number of carbonyl (C=O) groups is 2. The largest absolute Gasteiger partial charge is 0.352 e. The van der Waals surface area contributed by atoms with Gasteiger partial charge < -0.3 is 14.8 Å². The number of hydrogen-bond donors (Lipinski definition) is 1. The first-order valence-electron chi connectivity index (χ1n) is 11.1. The van der Waals surface area contributed by atoms with Crippen LogP contribution >= 0.6 is 0 Å². The Morgan fingerprint density at radius 1 is 1.19 bits per heavy atom. The third-order valence-corrected chi connectivity index (χ3v) is 6.85. The lowest BCUT2D eigenvalue weighted by Crippen LogP contribution is -2.41. The molecule has 2 heterocycles. The fourth-order valence-corrected chi connectivity index (χ4v) is 4.50. The van der Waals surface area contributed by atoms with E-state index in [0.717, 1.165) is 23.1 Å². The number of amides is 2. The van der Waals surface area contributed by atoms with Crippen LogP contribution in [-0.2, 0) is 30.7 Å². The summed E-state index contributed by atoms with van der Waals surface area (Å²) in [6, 6.07) is 9.99. The normalized spacial score (nSPS) is 18.9. The molecule has 2 aliphatic rings. The molecule has 164 valence electrons. The second kappa shape index (κ2) is 8.33. The maximum Gasteiger partial charge on any atom is 0.263 e. The van der Waals surface area contributed by atoms with Crippen LogP contribution in [0.4, 0.5) is 0 Å². The lowest BCUT2D eigenvalue weighted by molar-refractivity contribution is -0.129. The van der Waals surface area contributed by atoms with Crippen molar-refractivity contribution in [1.29, 1.82) is 0 Å². The summed E-state index contributed by atoms with van der Waals surface area (Å²) < 4.78 is 1.64. The van der Waals surface area contributed by atoms with Gasteiger partial charge in [-0.2, -0.15) is 0 Å². The average Bonchev–Trinajstić information content (AvgIpc) is 3.37. The van der Waals surface area contributed by atoms with Gasteiger partial charge in [-0.25, -0.2) is 0 Å². The van der Waals surface area contributed by atoms with Gasteiger partial charge in [0.1, 0.15) is 5.56 Å². The molecule has 1 aliphatic carbocycles. The number of nitrogens with one attached hydrogen (secondary N) is 1. The highest BCUT2D eigenvalue weighted by Gasteiger charge is 2.45. The van der Waals surface area contributed by atoms with Crippen LogP contribution in [0, 0.1) is 11.3 Å². The third-order valence-electron chi connectivity index (χ3n) is 6.85. The molecular formula is C25H31N3O3. The molecular weight excluding hydrogens is 390 g/mol. The summed E-state index contributed by atoms with van der Waals surface area (Å²) >= 11 is 0. The van der Waals surface area contributed by atoms with Gasteiger partial charge in [0.25, 0.3) is 11.5 Å². The second-order valence-corrected chi connectivity index (χ2v) is 9.53. The van der Waals surface area contributed by atoms with Crippen molar-refractivity contribution in [2.24, 2.45) is 11.3 Å². The molecule has 1 aromatic heterocycles. The monoisotopic (exact) mass is 421 g/mol. The summed E-state index contributed by atoms with van der Waals surface area (Å²) in [6.45, 7) is 8.01. The molecule has 6 heteroatoms. The highest BCUT2D eigenvalue weighted by molar-refractivity contribution is 5.95. The highest BCUT2D eigenvalue weighted by Crippen LogP contribution is 2.51. The van der Waals surface area contributed by atoms with Crippen molar-refractivity contribution in [2.75, 3.05) is 13.1 Å². The fourth-order valence-electron chi connectivity index (χ4n) is 4.50. The maximum atomic E-state index is 13.3. The van der Waals surface area contributed by atoms with Crippen molar-refractivity contribution in [3.63, 3.8) is 0 Å². The maximum absolute atomic E-state index is 13.3. The molecule has 4 rings (SSSR count). The van der Waals surface area contributed by atoms with Gasteiger partial charge in [-0.1, -0.05) is 44.2 Å². The van der Waals surface area contributed by atoms with Gasteiger partial charge in [0.15, 0.2) is 0 Å². The number of pyridine rings is 1. The van der Waals surface area contributed by atoms with Crippen LogP contribution in [0.3, 0.4) is 0 Å². The zero-order valence-corrected chi connectivity index (χ0v) is 18.6. The molecule has 1 aliphatic heterocycles. The molecule has 0 spiro atoms. The van der Waals surface area contributed by atoms with E-state index < -0.39 is 0 Å². The smallest absolute Gasteiger partial charge is 0.263 e. The first-order valence-corrected chi connectivity index (χ1v) is 11.1. The molecule has 1 atom stereocenters. The minimum absolute atomic E-state index is 0.00894. The third kappa shape index (κ3) is 4.58. The first kappa shape index (κ1) is 21.3. The summed E-state index contributed by atoms with van der Waals surface area (Å²) in [5.74, 6) is 0.188. The fraction of sp³-hybridized carbons (Fsp3) is 0.480. The summed E-state index contributed by atoms with van der Waals surface area (Å²) in [6.07, 6.45) is 4.17. The van der Waals surface area contributed by atoms with Crippen LogP contribution in [0.5, 0.6) is 0 Å². The van der Waals surface area contributed by atoms with E-state index in [0.29, 0.717) is 44.9 Å². The van der Waals surface area contributed by atoms with E-state index in [1.54, 1.807) is 16.4 Å². The van der Waals surface area contributed by atoms with Crippen LogP contribution in [0.25, 0.3) is 0 Å². The predicted octanol–water partition coefficient (Wildman–Crippen LogP) is 2.77. The molecule has 0 bridgehead atoms. The molecule has 6 nitrogen and oxygen atoms in total. The lowest BCUT2D eigenvalue weighted by atomic mass is 9.95. The molecule has 1 N–H and O–H groups in total. The lowest BCUT2D eigenvalue weighted by Gasteiger charge is -2.29. The van der Waals surface area contributed by atoms with E-state index in [9.17, 15) is 14.4 Å². The molecule has 1 saturated carbocycles. The van der Waals surface area contributed by atoms with Crippen LogP contribution in [0.15, 0.2) is 41.3 Å².